The molecular formula is C17H17ClN2O2. The molecule has 2 aromatic rings. The number of urea groups is 1. The molecule has 4 nitrogen and oxygen atoms in total. The van der Waals surface area contributed by atoms with E-state index in [4.69, 9.17) is 16.3 Å². The Morgan fingerprint density at radius 2 is 2.05 bits per heavy atom. The third-order valence-electron chi connectivity index (χ3n) is 2.77. The van der Waals surface area contributed by atoms with Gasteiger partial charge in [-0.2, -0.15) is 0 Å². The SMILES string of the molecule is CCOc1ccccc1NC(=O)N/C=C/c1cccc(Cl)c1. The maximum Gasteiger partial charge on any atom is 0.323 e. The predicted octanol–water partition coefficient (Wildman–Crippen LogP) is 4.53. The summed E-state index contributed by atoms with van der Waals surface area (Å²) in [5.41, 5.74) is 1.53. The molecule has 0 saturated heterocycles. The number of hydrogen-bond donors (Lipinski definition) is 2. The van der Waals surface area contributed by atoms with E-state index in [1.54, 1.807) is 30.5 Å². The van der Waals surface area contributed by atoms with Crippen molar-refractivity contribution in [1.29, 1.82) is 0 Å². The number of carbonyl (C=O) groups is 1. The number of para-hydroxylation sites is 2. The third-order valence-corrected chi connectivity index (χ3v) is 3.01. The lowest BCUT2D eigenvalue weighted by Crippen LogP contribution is -2.24. The minimum absolute atomic E-state index is 0.342. The van der Waals surface area contributed by atoms with Crippen molar-refractivity contribution in [1.82, 2.24) is 5.32 Å². The lowest BCUT2D eigenvalue weighted by molar-refractivity contribution is 0.255. The summed E-state index contributed by atoms with van der Waals surface area (Å²) in [6.07, 6.45) is 3.32. The molecule has 0 aromatic heterocycles. The number of carbonyl (C=O) groups excluding carboxylic acids is 1. The molecule has 2 N–H and O–H groups in total. The van der Waals surface area contributed by atoms with Crippen molar-refractivity contribution in [3.63, 3.8) is 0 Å². The first-order chi connectivity index (χ1) is 10.7. The van der Waals surface area contributed by atoms with E-state index in [0.29, 0.717) is 23.1 Å². The number of ether oxygens (including phenoxy) is 1. The van der Waals surface area contributed by atoms with E-state index in [9.17, 15) is 4.79 Å². The van der Waals surface area contributed by atoms with Crippen LogP contribution < -0.4 is 15.4 Å². The van der Waals surface area contributed by atoms with Gasteiger partial charge < -0.3 is 15.4 Å². The van der Waals surface area contributed by atoms with Crippen LogP contribution in [0.1, 0.15) is 12.5 Å². The Hall–Kier alpha value is -2.46. The van der Waals surface area contributed by atoms with Gasteiger partial charge in [-0.1, -0.05) is 35.9 Å². The zero-order valence-corrected chi connectivity index (χ0v) is 12.9. The molecule has 0 unspecified atom stereocenters. The smallest absolute Gasteiger partial charge is 0.323 e. The van der Waals surface area contributed by atoms with Gasteiger partial charge in [0, 0.05) is 11.2 Å². The summed E-state index contributed by atoms with van der Waals surface area (Å²) in [4.78, 5) is 11.9. The van der Waals surface area contributed by atoms with Crippen LogP contribution in [0, 0.1) is 0 Å². The number of hydrogen-bond acceptors (Lipinski definition) is 2. The van der Waals surface area contributed by atoms with Gasteiger partial charge in [-0.25, -0.2) is 4.79 Å². The summed E-state index contributed by atoms with van der Waals surface area (Å²) in [6.45, 7) is 2.43. The van der Waals surface area contributed by atoms with Crippen molar-refractivity contribution in [2.75, 3.05) is 11.9 Å². The maximum atomic E-state index is 11.9. The van der Waals surface area contributed by atoms with Crippen LogP contribution in [0.3, 0.4) is 0 Å². The molecule has 0 aliphatic heterocycles. The molecule has 2 rings (SSSR count). The zero-order chi connectivity index (χ0) is 15.8. The second kappa shape index (κ2) is 8.10. The summed E-state index contributed by atoms with van der Waals surface area (Å²) < 4.78 is 5.45. The summed E-state index contributed by atoms with van der Waals surface area (Å²) in [6, 6.07) is 14.3. The average Bonchev–Trinajstić information content (AvgIpc) is 2.49. The van der Waals surface area contributed by atoms with Gasteiger partial charge in [-0.05, 0) is 42.8 Å². The lowest BCUT2D eigenvalue weighted by Gasteiger charge is -2.10. The minimum Gasteiger partial charge on any atom is -0.492 e. The fourth-order valence-corrected chi connectivity index (χ4v) is 2.03. The topological polar surface area (TPSA) is 50.4 Å². The van der Waals surface area contributed by atoms with Crippen molar-refractivity contribution in [2.24, 2.45) is 0 Å². The van der Waals surface area contributed by atoms with E-state index in [-0.39, 0.29) is 6.03 Å². The van der Waals surface area contributed by atoms with Crippen LogP contribution in [0.15, 0.2) is 54.7 Å². The number of benzene rings is 2. The molecule has 0 atom stereocenters. The normalized spacial score (nSPS) is 10.5. The highest BCUT2D eigenvalue weighted by atomic mass is 35.5. The Labute approximate surface area is 134 Å². The van der Waals surface area contributed by atoms with E-state index in [0.717, 1.165) is 5.56 Å². The molecule has 0 aliphatic rings. The average molecular weight is 317 g/mol. The summed E-state index contributed by atoms with van der Waals surface area (Å²) in [5.74, 6) is 0.638. The molecular weight excluding hydrogens is 300 g/mol. The molecule has 5 heteroatoms. The molecule has 0 fully saturated rings. The molecule has 0 bridgehead atoms. The second-order valence-corrected chi connectivity index (χ2v) is 4.85. The molecule has 22 heavy (non-hydrogen) atoms. The van der Waals surface area contributed by atoms with Crippen LogP contribution in [0.25, 0.3) is 6.08 Å². The number of halogens is 1. The first-order valence-electron chi connectivity index (χ1n) is 6.90. The van der Waals surface area contributed by atoms with E-state index < -0.39 is 0 Å². The van der Waals surface area contributed by atoms with Crippen molar-refractivity contribution >= 4 is 29.4 Å². The Kier molecular flexibility index (Phi) is 5.86. The van der Waals surface area contributed by atoms with E-state index in [1.165, 1.54) is 0 Å². The van der Waals surface area contributed by atoms with Gasteiger partial charge in [0.25, 0.3) is 0 Å². The summed E-state index contributed by atoms with van der Waals surface area (Å²) >= 11 is 5.89. The molecule has 0 heterocycles. The number of anilines is 1. The highest BCUT2D eigenvalue weighted by Gasteiger charge is 2.05. The fourth-order valence-electron chi connectivity index (χ4n) is 1.83. The monoisotopic (exact) mass is 316 g/mol. The van der Waals surface area contributed by atoms with Crippen LogP contribution in [-0.4, -0.2) is 12.6 Å². The molecule has 0 aliphatic carbocycles. The van der Waals surface area contributed by atoms with E-state index in [1.807, 2.05) is 37.3 Å². The Morgan fingerprint density at radius 1 is 1.23 bits per heavy atom. The standard InChI is InChI=1S/C17H17ClN2O2/c1-2-22-16-9-4-3-8-15(16)20-17(21)19-11-10-13-6-5-7-14(18)12-13/h3-12H,2H2,1H3,(H2,19,20,21)/b11-10+. The highest BCUT2D eigenvalue weighted by molar-refractivity contribution is 6.30. The maximum absolute atomic E-state index is 11.9. The second-order valence-electron chi connectivity index (χ2n) is 4.42. The van der Waals surface area contributed by atoms with Crippen molar-refractivity contribution < 1.29 is 9.53 Å². The predicted molar refractivity (Wildman–Crippen MR) is 90.3 cm³/mol. The lowest BCUT2D eigenvalue weighted by atomic mass is 10.2. The summed E-state index contributed by atoms with van der Waals surface area (Å²) in [5, 5.41) is 6.03. The van der Waals surface area contributed by atoms with Gasteiger partial charge in [-0.3, -0.25) is 0 Å². The molecule has 0 radical (unpaired) electrons. The number of amides is 2. The quantitative estimate of drug-likeness (QED) is 0.851. The van der Waals surface area contributed by atoms with Crippen LogP contribution in [-0.2, 0) is 0 Å². The first-order valence-corrected chi connectivity index (χ1v) is 7.28. The Morgan fingerprint density at radius 3 is 2.82 bits per heavy atom. The van der Waals surface area contributed by atoms with E-state index >= 15 is 0 Å². The van der Waals surface area contributed by atoms with Gasteiger partial charge in [0.1, 0.15) is 5.75 Å². The molecule has 114 valence electrons. The van der Waals surface area contributed by atoms with Crippen LogP contribution in [0.2, 0.25) is 5.02 Å². The zero-order valence-electron chi connectivity index (χ0n) is 12.2. The van der Waals surface area contributed by atoms with Crippen molar-refractivity contribution in [3.05, 3.63) is 65.3 Å². The van der Waals surface area contributed by atoms with Gasteiger partial charge in [0.05, 0.1) is 12.3 Å². The molecule has 2 aromatic carbocycles. The Bertz CT molecular complexity index is 671. The van der Waals surface area contributed by atoms with Gasteiger partial charge in [-0.15, -0.1) is 0 Å². The van der Waals surface area contributed by atoms with Crippen molar-refractivity contribution in [2.45, 2.75) is 6.92 Å². The molecule has 0 spiro atoms. The first kappa shape index (κ1) is 15.9. The van der Waals surface area contributed by atoms with Crippen LogP contribution in [0.5, 0.6) is 5.75 Å². The number of nitrogens with one attached hydrogen (secondary N) is 2. The minimum atomic E-state index is -0.342. The fraction of sp³-hybridized carbons (Fsp3) is 0.118. The van der Waals surface area contributed by atoms with Crippen LogP contribution >= 0.6 is 11.6 Å². The largest absolute Gasteiger partial charge is 0.492 e. The third kappa shape index (κ3) is 4.82. The Balaban J connectivity index is 1.93. The number of rotatable bonds is 5. The molecule has 0 saturated carbocycles. The van der Waals surface area contributed by atoms with Gasteiger partial charge >= 0.3 is 6.03 Å². The molecule has 2 amide bonds. The summed E-state index contributed by atoms with van der Waals surface area (Å²) in [7, 11) is 0. The highest BCUT2D eigenvalue weighted by Crippen LogP contribution is 2.23. The van der Waals surface area contributed by atoms with Gasteiger partial charge in [0.2, 0.25) is 0 Å². The van der Waals surface area contributed by atoms with Crippen LogP contribution in [0.4, 0.5) is 10.5 Å². The van der Waals surface area contributed by atoms with E-state index in [2.05, 4.69) is 10.6 Å². The van der Waals surface area contributed by atoms with Crippen molar-refractivity contribution in [3.8, 4) is 5.75 Å². The van der Waals surface area contributed by atoms with Gasteiger partial charge in [0.15, 0.2) is 0 Å².